The van der Waals surface area contributed by atoms with E-state index in [-0.39, 0.29) is 29.8 Å². The molecular weight excluding hydrogens is 324 g/mol. The molecule has 1 atom stereocenters. The average Bonchev–Trinajstić information content (AvgIpc) is 2.56. The zero-order chi connectivity index (χ0) is 16.9. The van der Waals surface area contributed by atoms with Gasteiger partial charge in [0.05, 0.1) is 12.0 Å². The van der Waals surface area contributed by atoms with Crippen LogP contribution in [-0.4, -0.2) is 38.8 Å². The third-order valence-corrected chi connectivity index (χ3v) is 5.41. The molecule has 0 bridgehead atoms. The molecule has 1 heterocycles. The second-order valence-corrected chi connectivity index (χ2v) is 7.25. The fourth-order valence-corrected chi connectivity index (χ4v) is 3.27. The van der Waals surface area contributed by atoms with Crippen LogP contribution in [0.25, 0.3) is 0 Å². The lowest BCUT2D eigenvalue weighted by Gasteiger charge is -2.39. The number of hydrogen-bond acceptors (Lipinski definition) is 3. The molecule has 4 nitrogen and oxygen atoms in total. The molecule has 2 rings (SSSR count). The van der Waals surface area contributed by atoms with Gasteiger partial charge in [-0.2, -0.15) is 0 Å². The summed E-state index contributed by atoms with van der Waals surface area (Å²) in [5, 5.41) is 6.59. The van der Waals surface area contributed by atoms with Gasteiger partial charge >= 0.3 is 0 Å². The molecule has 2 N–H and O–H groups in total. The Bertz CT molecular complexity index is 508. The molecule has 1 aliphatic heterocycles. The lowest BCUT2D eigenvalue weighted by atomic mass is 9.75. The van der Waals surface area contributed by atoms with Crippen molar-refractivity contribution in [1.82, 2.24) is 10.6 Å². The summed E-state index contributed by atoms with van der Waals surface area (Å²) in [4.78, 5) is 13.0. The van der Waals surface area contributed by atoms with Gasteiger partial charge in [-0.1, -0.05) is 44.2 Å². The van der Waals surface area contributed by atoms with Gasteiger partial charge in [-0.25, -0.2) is 0 Å². The average molecular weight is 355 g/mol. The highest BCUT2D eigenvalue weighted by Gasteiger charge is 2.41. The lowest BCUT2D eigenvalue weighted by Crippen LogP contribution is -2.55. The van der Waals surface area contributed by atoms with E-state index < -0.39 is 5.41 Å². The van der Waals surface area contributed by atoms with Crippen molar-refractivity contribution in [3.8, 4) is 0 Å². The van der Waals surface area contributed by atoms with Crippen LogP contribution in [0.2, 0.25) is 0 Å². The highest BCUT2D eigenvalue weighted by molar-refractivity contribution is 5.85. The van der Waals surface area contributed by atoms with Crippen LogP contribution in [-0.2, 0) is 14.9 Å². The number of nitrogens with one attached hydrogen (secondary N) is 2. The summed E-state index contributed by atoms with van der Waals surface area (Å²) in [6.45, 7) is 8.67. The van der Waals surface area contributed by atoms with Crippen molar-refractivity contribution in [1.29, 1.82) is 0 Å². The maximum Gasteiger partial charge on any atom is 0.228 e. The van der Waals surface area contributed by atoms with Crippen LogP contribution in [0.3, 0.4) is 0 Å². The number of piperidine rings is 1. The van der Waals surface area contributed by atoms with Gasteiger partial charge in [0.15, 0.2) is 0 Å². The van der Waals surface area contributed by atoms with Gasteiger partial charge in [-0.05, 0) is 38.4 Å². The highest BCUT2D eigenvalue weighted by Crippen LogP contribution is 2.32. The molecule has 0 aliphatic carbocycles. The number of amides is 1. The molecule has 0 spiro atoms. The summed E-state index contributed by atoms with van der Waals surface area (Å²) in [5.41, 5.74) is 0.706. The van der Waals surface area contributed by atoms with E-state index in [2.05, 4.69) is 43.5 Å². The van der Waals surface area contributed by atoms with Gasteiger partial charge in [0, 0.05) is 18.6 Å². The molecule has 1 aromatic carbocycles. The van der Waals surface area contributed by atoms with E-state index >= 15 is 0 Å². The molecule has 24 heavy (non-hydrogen) atoms. The van der Waals surface area contributed by atoms with Crippen molar-refractivity contribution in [2.45, 2.75) is 45.1 Å². The first kappa shape index (κ1) is 20.9. The predicted molar refractivity (Wildman–Crippen MR) is 101 cm³/mol. The number of ether oxygens (including phenoxy) is 1. The monoisotopic (exact) mass is 354 g/mol. The van der Waals surface area contributed by atoms with Crippen LogP contribution >= 0.6 is 12.4 Å². The normalized spacial score (nSPS) is 18.3. The van der Waals surface area contributed by atoms with Crippen molar-refractivity contribution in [2.75, 3.05) is 26.8 Å². The maximum atomic E-state index is 13.0. The Labute approximate surface area is 152 Å². The van der Waals surface area contributed by atoms with Crippen molar-refractivity contribution in [3.63, 3.8) is 0 Å². The first-order chi connectivity index (χ1) is 10.9. The number of methoxy groups -OCH3 is 1. The second-order valence-electron chi connectivity index (χ2n) is 7.25. The Morgan fingerprint density at radius 3 is 2.42 bits per heavy atom. The van der Waals surface area contributed by atoms with Gasteiger partial charge in [-0.15, -0.1) is 12.4 Å². The van der Waals surface area contributed by atoms with E-state index in [0.717, 1.165) is 25.9 Å². The first-order valence-electron chi connectivity index (χ1n) is 8.48. The molecule has 1 aromatic rings. The molecule has 0 aromatic heterocycles. The molecule has 0 radical (unpaired) electrons. The Hall–Kier alpha value is -1.10. The lowest BCUT2D eigenvalue weighted by molar-refractivity contribution is -0.137. The zero-order valence-corrected chi connectivity index (χ0v) is 16.0. The minimum Gasteiger partial charge on any atom is -0.384 e. The van der Waals surface area contributed by atoms with E-state index in [1.54, 1.807) is 7.11 Å². The number of hydrogen-bond donors (Lipinski definition) is 2. The number of benzene rings is 1. The van der Waals surface area contributed by atoms with Crippen LogP contribution in [0.15, 0.2) is 30.3 Å². The van der Waals surface area contributed by atoms with Gasteiger partial charge < -0.3 is 15.4 Å². The quantitative estimate of drug-likeness (QED) is 0.825. The van der Waals surface area contributed by atoms with Crippen LogP contribution < -0.4 is 10.6 Å². The predicted octanol–water partition coefficient (Wildman–Crippen LogP) is 2.91. The Morgan fingerprint density at radius 2 is 1.88 bits per heavy atom. The smallest absolute Gasteiger partial charge is 0.228 e. The Kier molecular flexibility index (Phi) is 7.71. The molecule has 1 fully saturated rings. The molecule has 1 saturated heterocycles. The molecule has 0 saturated carbocycles. The standard InChI is InChI=1S/C19H30N2O2.ClH/c1-15(18(2,3)16-8-6-5-7-9-16)21-17(22)19(14-23-4)10-12-20-13-11-19;/h5-9,15,20H,10-14H2,1-4H3,(H,21,22);1H. The fourth-order valence-electron chi connectivity index (χ4n) is 3.27. The Morgan fingerprint density at radius 1 is 1.29 bits per heavy atom. The SMILES string of the molecule is COCC1(C(=O)NC(C)C(C)(C)c2ccccc2)CCNCC1.Cl. The molecule has 1 aliphatic rings. The van der Waals surface area contributed by atoms with Crippen LogP contribution in [0.4, 0.5) is 0 Å². The summed E-state index contributed by atoms with van der Waals surface area (Å²) < 4.78 is 5.37. The minimum atomic E-state index is -0.402. The first-order valence-corrected chi connectivity index (χ1v) is 8.48. The van der Waals surface area contributed by atoms with Crippen LogP contribution in [0.5, 0.6) is 0 Å². The summed E-state index contributed by atoms with van der Waals surface area (Å²) in [6.07, 6.45) is 1.65. The molecular formula is C19H31ClN2O2. The van der Waals surface area contributed by atoms with Crippen LogP contribution in [0.1, 0.15) is 39.2 Å². The molecule has 136 valence electrons. The summed E-state index contributed by atoms with van der Waals surface area (Å²) in [5.74, 6) is 0.123. The fraction of sp³-hybridized carbons (Fsp3) is 0.632. The number of rotatable bonds is 6. The highest BCUT2D eigenvalue weighted by atomic mass is 35.5. The van der Waals surface area contributed by atoms with Gasteiger partial charge in [-0.3, -0.25) is 4.79 Å². The largest absolute Gasteiger partial charge is 0.384 e. The van der Waals surface area contributed by atoms with Crippen molar-refractivity contribution in [3.05, 3.63) is 35.9 Å². The third kappa shape index (κ3) is 4.50. The van der Waals surface area contributed by atoms with E-state index in [1.165, 1.54) is 5.56 Å². The number of carbonyl (C=O) groups excluding carboxylic acids is 1. The van der Waals surface area contributed by atoms with E-state index in [9.17, 15) is 4.79 Å². The molecule has 1 unspecified atom stereocenters. The van der Waals surface area contributed by atoms with Gasteiger partial charge in [0.1, 0.15) is 0 Å². The topological polar surface area (TPSA) is 50.4 Å². The van der Waals surface area contributed by atoms with Gasteiger partial charge in [0.25, 0.3) is 0 Å². The van der Waals surface area contributed by atoms with Crippen molar-refractivity contribution < 1.29 is 9.53 Å². The van der Waals surface area contributed by atoms with E-state index in [4.69, 9.17) is 4.74 Å². The summed E-state index contributed by atoms with van der Waals surface area (Å²) >= 11 is 0. The number of carbonyl (C=O) groups is 1. The van der Waals surface area contributed by atoms with Crippen molar-refractivity contribution >= 4 is 18.3 Å². The van der Waals surface area contributed by atoms with E-state index in [1.807, 2.05) is 18.2 Å². The minimum absolute atomic E-state index is 0. The second kappa shape index (κ2) is 8.84. The van der Waals surface area contributed by atoms with E-state index in [0.29, 0.717) is 6.61 Å². The Balaban J connectivity index is 0.00000288. The van der Waals surface area contributed by atoms with Gasteiger partial charge in [0.2, 0.25) is 5.91 Å². The number of halogens is 1. The van der Waals surface area contributed by atoms with Crippen molar-refractivity contribution in [2.24, 2.45) is 5.41 Å². The third-order valence-electron chi connectivity index (χ3n) is 5.41. The zero-order valence-electron chi connectivity index (χ0n) is 15.2. The van der Waals surface area contributed by atoms with Crippen LogP contribution in [0, 0.1) is 5.41 Å². The molecule has 1 amide bonds. The maximum absolute atomic E-state index is 13.0. The summed E-state index contributed by atoms with van der Waals surface area (Å²) in [7, 11) is 1.67. The molecule has 5 heteroatoms. The summed E-state index contributed by atoms with van der Waals surface area (Å²) in [6, 6.07) is 10.4.